The van der Waals surface area contributed by atoms with Crippen LogP contribution in [0.3, 0.4) is 0 Å². The van der Waals surface area contributed by atoms with Crippen LogP contribution in [0.2, 0.25) is 0 Å². The maximum Gasteiger partial charge on any atom is 0.320 e. The number of nitro groups is 2. The normalized spacial score (nSPS) is 11.9. The van der Waals surface area contributed by atoms with Gasteiger partial charge in [0, 0.05) is 22.9 Å². The van der Waals surface area contributed by atoms with Crippen LogP contribution < -0.4 is 11.5 Å². The van der Waals surface area contributed by atoms with E-state index in [4.69, 9.17) is 11.5 Å². The first kappa shape index (κ1) is 21.0. The molecule has 2 aromatic rings. The second-order valence-electron chi connectivity index (χ2n) is 5.25. The highest BCUT2D eigenvalue weighted by Crippen LogP contribution is 2.45. The van der Waals surface area contributed by atoms with Gasteiger partial charge in [-0.15, -0.1) is 0 Å². The molecule has 6 N–H and O–H groups in total. The molecule has 0 spiro atoms. The predicted molar refractivity (Wildman–Crippen MR) is 93.6 cm³/mol. The smallest absolute Gasteiger partial charge is 0.320 e. The molecule has 0 atom stereocenters. The summed E-state index contributed by atoms with van der Waals surface area (Å²) in [6.45, 7) is 0. The number of anilines is 2. The molecule has 0 aliphatic carbocycles. The molecular weight excluding hydrogens is 424 g/mol. The largest absolute Gasteiger partial charge is 0.399 e. The van der Waals surface area contributed by atoms with E-state index in [-0.39, 0.29) is 5.69 Å². The number of hydrogen-bond acceptors (Lipinski definition) is 10. The molecule has 0 aliphatic rings. The quantitative estimate of drug-likeness (QED) is 0.221. The van der Waals surface area contributed by atoms with Crippen molar-refractivity contribution in [2.24, 2.45) is 0 Å². The van der Waals surface area contributed by atoms with Crippen molar-refractivity contribution >= 4 is 43.0 Å². The lowest BCUT2D eigenvalue weighted by molar-refractivity contribution is -0.394. The number of nitrogens with zero attached hydrogens (tertiary/aromatic N) is 2. The van der Waals surface area contributed by atoms with Gasteiger partial charge in [-0.1, -0.05) is 6.07 Å². The minimum Gasteiger partial charge on any atom is -0.399 e. The van der Waals surface area contributed by atoms with Crippen molar-refractivity contribution in [3.8, 4) is 11.1 Å². The van der Waals surface area contributed by atoms with E-state index in [9.17, 15) is 46.2 Å². The molecule has 0 saturated heterocycles. The third-order valence-electron chi connectivity index (χ3n) is 3.48. The molecular formula is C12H10N4O10S2. The fourth-order valence-corrected chi connectivity index (χ4v) is 4.04. The van der Waals surface area contributed by atoms with Crippen molar-refractivity contribution in [1.29, 1.82) is 0 Å². The number of hydrogen-bond donors (Lipinski definition) is 4. The average Bonchev–Trinajstić information content (AvgIpc) is 2.52. The minimum absolute atomic E-state index is 0.204. The summed E-state index contributed by atoms with van der Waals surface area (Å²) in [4.78, 5) is 17.4. The lowest BCUT2D eigenvalue weighted by Crippen LogP contribution is -2.11. The van der Waals surface area contributed by atoms with Crippen LogP contribution in [-0.4, -0.2) is 35.8 Å². The molecule has 0 amide bonds. The SMILES string of the molecule is Nc1ccc(-c2cc([N+](=O)[O-])c(N)c([N+](=O)[O-])c2S(=O)(=O)O)c(S(=O)(=O)O)c1. The topological polar surface area (TPSA) is 247 Å². The van der Waals surface area contributed by atoms with Crippen LogP contribution in [0, 0.1) is 20.2 Å². The highest BCUT2D eigenvalue weighted by atomic mass is 32.2. The number of nitro benzene ring substituents is 2. The van der Waals surface area contributed by atoms with Gasteiger partial charge in [0.25, 0.3) is 15.8 Å². The lowest BCUT2D eigenvalue weighted by Gasteiger charge is -2.13. The molecule has 0 aromatic heterocycles. The summed E-state index contributed by atoms with van der Waals surface area (Å²) < 4.78 is 65.7. The summed E-state index contributed by atoms with van der Waals surface area (Å²) in [7, 11) is -10.5. The van der Waals surface area contributed by atoms with Crippen molar-refractivity contribution < 1.29 is 35.8 Å². The van der Waals surface area contributed by atoms with E-state index >= 15 is 0 Å². The molecule has 0 unspecified atom stereocenters. The van der Waals surface area contributed by atoms with Crippen molar-refractivity contribution in [3.63, 3.8) is 0 Å². The Bertz CT molecular complexity index is 1240. The van der Waals surface area contributed by atoms with Gasteiger partial charge < -0.3 is 11.5 Å². The Morgan fingerprint density at radius 1 is 0.857 bits per heavy atom. The minimum atomic E-state index is -5.45. The molecule has 2 aromatic carbocycles. The summed E-state index contributed by atoms with van der Waals surface area (Å²) in [6, 6.07) is 2.98. The monoisotopic (exact) mass is 434 g/mol. The zero-order valence-electron chi connectivity index (χ0n) is 13.3. The molecule has 0 radical (unpaired) electrons. The van der Waals surface area contributed by atoms with E-state index in [0.717, 1.165) is 12.1 Å². The Labute approximate surface area is 156 Å². The Morgan fingerprint density at radius 3 is 1.86 bits per heavy atom. The Balaban J connectivity index is 3.22. The van der Waals surface area contributed by atoms with Crippen LogP contribution in [0.5, 0.6) is 0 Å². The molecule has 28 heavy (non-hydrogen) atoms. The summed E-state index contributed by atoms with van der Waals surface area (Å²) in [6.07, 6.45) is 0. The zero-order valence-corrected chi connectivity index (χ0v) is 15.0. The summed E-state index contributed by atoms with van der Waals surface area (Å²) in [5, 5.41) is 22.5. The highest BCUT2D eigenvalue weighted by Gasteiger charge is 2.38. The summed E-state index contributed by atoms with van der Waals surface area (Å²) in [5.74, 6) is 0. The van der Waals surface area contributed by atoms with Gasteiger partial charge in [0.2, 0.25) is 0 Å². The fourth-order valence-electron chi connectivity index (χ4n) is 2.42. The van der Waals surface area contributed by atoms with Crippen LogP contribution >= 0.6 is 0 Å². The fraction of sp³-hybridized carbons (Fsp3) is 0. The van der Waals surface area contributed by atoms with Gasteiger partial charge in [-0.25, -0.2) is 0 Å². The number of nitrogens with two attached hydrogens (primary N) is 2. The van der Waals surface area contributed by atoms with E-state index < -0.39 is 68.1 Å². The van der Waals surface area contributed by atoms with Crippen LogP contribution in [0.25, 0.3) is 11.1 Å². The first-order valence-corrected chi connectivity index (χ1v) is 9.64. The van der Waals surface area contributed by atoms with Gasteiger partial charge in [-0.2, -0.15) is 16.8 Å². The molecule has 0 saturated carbocycles. The highest BCUT2D eigenvalue weighted by molar-refractivity contribution is 7.86. The first-order valence-electron chi connectivity index (χ1n) is 6.76. The van der Waals surface area contributed by atoms with Crippen LogP contribution in [0.4, 0.5) is 22.7 Å². The third kappa shape index (κ3) is 3.69. The van der Waals surface area contributed by atoms with Crippen molar-refractivity contribution in [2.75, 3.05) is 11.5 Å². The second kappa shape index (κ2) is 6.68. The molecule has 0 heterocycles. The van der Waals surface area contributed by atoms with E-state index in [0.29, 0.717) is 12.1 Å². The van der Waals surface area contributed by atoms with Crippen molar-refractivity contribution in [1.82, 2.24) is 0 Å². The number of rotatable bonds is 5. The molecule has 2 rings (SSSR count). The number of benzene rings is 2. The van der Waals surface area contributed by atoms with E-state index in [1.54, 1.807) is 0 Å². The van der Waals surface area contributed by atoms with Crippen LogP contribution in [-0.2, 0) is 20.2 Å². The van der Waals surface area contributed by atoms with Crippen molar-refractivity contribution in [2.45, 2.75) is 9.79 Å². The predicted octanol–water partition coefficient (Wildman–Crippen LogP) is 0.828. The zero-order chi connectivity index (χ0) is 21.6. The van der Waals surface area contributed by atoms with E-state index in [1.807, 2.05) is 0 Å². The Hall–Kier alpha value is -3.34. The summed E-state index contributed by atoms with van der Waals surface area (Å²) in [5.41, 5.74) is 5.03. The van der Waals surface area contributed by atoms with Gasteiger partial charge in [0.1, 0.15) is 4.90 Å². The molecule has 16 heteroatoms. The Morgan fingerprint density at radius 2 is 1.43 bits per heavy atom. The van der Waals surface area contributed by atoms with E-state index in [2.05, 4.69) is 0 Å². The molecule has 0 bridgehead atoms. The Kier molecular flexibility index (Phi) is 5.00. The maximum atomic E-state index is 11.8. The summed E-state index contributed by atoms with van der Waals surface area (Å²) >= 11 is 0. The first-order chi connectivity index (χ1) is 12.7. The average molecular weight is 434 g/mol. The van der Waals surface area contributed by atoms with Gasteiger partial charge >= 0.3 is 15.8 Å². The van der Waals surface area contributed by atoms with Gasteiger partial charge in [0.15, 0.2) is 10.6 Å². The van der Waals surface area contributed by atoms with Crippen molar-refractivity contribution in [3.05, 3.63) is 44.5 Å². The molecule has 0 aliphatic heterocycles. The van der Waals surface area contributed by atoms with Gasteiger partial charge in [0.05, 0.1) is 9.85 Å². The van der Waals surface area contributed by atoms with Crippen LogP contribution in [0.1, 0.15) is 0 Å². The maximum absolute atomic E-state index is 11.8. The number of nitrogen functional groups attached to an aromatic ring is 2. The van der Waals surface area contributed by atoms with Gasteiger partial charge in [-0.05, 0) is 12.1 Å². The molecule has 0 fully saturated rings. The van der Waals surface area contributed by atoms with Gasteiger partial charge in [-0.3, -0.25) is 29.3 Å². The standard InChI is InChI=1S/C12H10N4O10S2/c13-5-1-2-6(9(3-5)27(21,22)23)7-4-8(15(17)18)10(14)11(16(19)20)12(7)28(24,25)26/h1-4H,13-14H2,(H,21,22,23)(H,24,25,26). The molecule has 14 nitrogen and oxygen atoms in total. The van der Waals surface area contributed by atoms with Crippen LogP contribution in [0.15, 0.2) is 34.1 Å². The third-order valence-corrected chi connectivity index (χ3v) is 5.31. The lowest BCUT2D eigenvalue weighted by atomic mass is 10.0. The molecule has 150 valence electrons. The second-order valence-corrected chi connectivity index (χ2v) is 8.00. The van der Waals surface area contributed by atoms with E-state index in [1.165, 1.54) is 0 Å².